The van der Waals surface area contributed by atoms with Crippen molar-refractivity contribution < 1.29 is 9.21 Å². The van der Waals surface area contributed by atoms with Crippen molar-refractivity contribution in [3.05, 3.63) is 18.6 Å². The van der Waals surface area contributed by atoms with Gasteiger partial charge in [0.25, 0.3) is 0 Å². The number of carbonyl (C=O) groups excluding carboxylic acids is 1. The van der Waals surface area contributed by atoms with Crippen LogP contribution in [0, 0.1) is 5.92 Å². The van der Waals surface area contributed by atoms with Gasteiger partial charge in [-0.05, 0) is 6.07 Å². The Labute approximate surface area is 65.4 Å². The summed E-state index contributed by atoms with van der Waals surface area (Å²) >= 11 is 0. The van der Waals surface area contributed by atoms with Crippen LogP contribution < -0.4 is 5.32 Å². The molecule has 0 aliphatic rings. The predicted octanol–water partition coefficient (Wildman–Crippen LogP) is 1.87. The molecular weight excluding hydrogens is 142 g/mol. The Balaban J connectivity index is 2.50. The van der Waals surface area contributed by atoms with E-state index in [1.54, 1.807) is 6.07 Å². The van der Waals surface area contributed by atoms with Gasteiger partial charge in [-0.1, -0.05) is 13.8 Å². The SMILES string of the molecule is CC(C)C(=O)Nc1ccoc1. The molecule has 1 N–H and O–H groups in total. The summed E-state index contributed by atoms with van der Waals surface area (Å²) in [6.07, 6.45) is 3.02. The first kappa shape index (κ1) is 7.85. The predicted molar refractivity (Wildman–Crippen MR) is 42.2 cm³/mol. The van der Waals surface area contributed by atoms with Gasteiger partial charge in [-0.3, -0.25) is 4.79 Å². The molecule has 1 aromatic rings. The molecule has 3 nitrogen and oxygen atoms in total. The molecule has 0 aliphatic carbocycles. The van der Waals surface area contributed by atoms with Crippen molar-refractivity contribution >= 4 is 11.6 Å². The molecule has 0 spiro atoms. The minimum Gasteiger partial charge on any atom is -0.470 e. The molecule has 11 heavy (non-hydrogen) atoms. The van der Waals surface area contributed by atoms with Crippen LogP contribution >= 0.6 is 0 Å². The number of hydrogen-bond acceptors (Lipinski definition) is 2. The van der Waals surface area contributed by atoms with Gasteiger partial charge in [-0.2, -0.15) is 0 Å². The number of anilines is 1. The summed E-state index contributed by atoms with van der Waals surface area (Å²) in [5.41, 5.74) is 0.712. The van der Waals surface area contributed by atoms with E-state index in [0.717, 1.165) is 0 Å². The second-order valence-corrected chi connectivity index (χ2v) is 2.66. The number of furan rings is 1. The van der Waals surface area contributed by atoms with Gasteiger partial charge in [-0.15, -0.1) is 0 Å². The zero-order chi connectivity index (χ0) is 8.27. The minimum absolute atomic E-state index is 0.00454. The fourth-order valence-corrected chi connectivity index (χ4v) is 0.622. The van der Waals surface area contributed by atoms with Gasteiger partial charge >= 0.3 is 0 Å². The molecule has 0 saturated heterocycles. The molecule has 0 aromatic carbocycles. The second kappa shape index (κ2) is 3.23. The number of hydrogen-bond donors (Lipinski definition) is 1. The van der Waals surface area contributed by atoms with Gasteiger partial charge in [0.15, 0.2) is 0 Å². The van der Waals surface area contributed by atoms with E-state index >= 15 is 0 Å². The Morgan fingerprint density at radius 2 is 2.36 bits per heavy atom. The Hall–Kier alpha value is -1.25. The smallest absolute Gasteiger partial charge is 0.227 e. The van der Waals surface area contributed by atoms with Gasteiger partial charge in [0.2, 0.25) is 5.91 Å². The molecule has 0 atom stereocenters. The fraction of sp³-hybridized carbons (Fsp3) is 0.375. The third-order valence-electron chi connectivity index (χ3n) is 1.31. The maximum absolute atomic E-state index is 11.1. The number of amides is 1. The summed E-state index contributed by atoms with van der Waals surface area (Å²) in [6.45, 7) is 3.69. The van der Waals surface area contributed by atoms with E-state index in [1.165, 1.54) is 12.5 Å². The molecule has 1 rings (SSSR count). The van der Waals surface area contributed by atoms with E-state index < -0.39 is 0 Å². The maximum Gasteiger partial charge on any atom is 0.227 e. The second-order valence-electron chi connectivity index (χ2n) is 2.66. The van der Waals surface area contributed by atoms with Crippen LogP contribution in [-0.2, 0) is 4.79 Å². The zero-order valence-electron chi connectivity index (χ0n) is 6.63. The first-order valence-corrected chi connectivity index (χ1v) is 3.53. The largest absolute Gasteiger partial charge is 0.470 e. The van der Waals surface area contributed by atoms with Crippen molar-refractivity contribution in [2.24, 2.45) is 5.92 Å². The standard InChI is InChI=1S/C8H11NO2/c1-6(2)8(10)9-7-3-4-11-5-7/h3-6H,1-2H3,(H,9,10). The van der Waals surface area contributed by atoms with E-state index in [2.05, 4.69) is 5.32 Å². The van der Waals surface area contributed by atoms with Crippen LogP contribution in [-0.4, -0.2) is 5.91 Å². The van der Waals surface area contributed by atoms with Crippen LogP contribution in [0.3, 0.4) is 0 Å². The lowest BCUT2D eigenvalue weighted by molar-refractivity contribution is -0.118. The van der Waals surface area contributed by atoms with Gasteiger partial charge in [-0.25, -0.2) is 0 Å². The van der Waals surface area contributed by atoms with Crippen LogP contribution in [0.2, 0.25) is 0 Å². The fourth-order valence-electron chi connectivity index (χ4n) is 0.622. The summed E-state index contributed by atoms with van der Waals surface area (Å²) < 4.78 is 4.78. The summed E-state index contributed by atoms with van der Waals surface area (Å²) in [5.74, 6) is 0.0105. The summed E-state index contributed by atoms with van der Waals surface area (Å²) in [7, 11) is 0. The molecule has 3 heteroatoms. The highest BCUT2D eigenvalue weighted by Gasteiger charge is 2.06. The quantitative estimate of drug-likeness (QED) is 0.704. The Bertz CT molecular complexity index is 226. The molecule has 1 aromatic heterocycles. The molecule has 60 valence electrons. The van der Waals surface area contributed by atoms with Crippen LogP contribution in [0.25, 0.3) is 0 Å². The Morgan fingerprint density at radius 1 is 1.64 bits per heavy atom. The highest BCUT2D eigenvalue weighted by Crippen LogP contribution is 2.07. The third-order valence-corrected chi connectivity index (χ3v) is 1.31. The number of carbonyl (C=O) groups is 1. The molecular formula is C8H11NO2. The van der Waals surface area contributed by atoms with Gasteiger partial charge < -0.3 is 9.73 Å². The summed E-state index contributed by atoms with van der Waals surface area (Å²) in [6, 6.07) is 1.71. The normalized spacial score (nSPS) is 10.1. The lowest BCUT2D eigenvalue weighted by Gasteiger charge is -2.03. The van der Waals surface area contributed by atoms with E-state index in [-0.39, 0.29) is 11.8 Å². The topological polar surface area (TPSA) is 42.2 Å². The first-order valence-electron chi connectivity index (χ1n) is 3.53. The van der Waals surface area contributed by atoms with E-state index in [1.807, 2.05) is 13.8 Å². The average molecular weight is 153 g/mol. The zero-order valence-corrected chi connectivity index (χ0v) is 6.63. The third kappa shape index (κ3) is 2.11. The van der Waals surface area contributed by atoms with Crippen molar-refractivity contribution in [2.75, 3.05) is 5.32 Å². The highest BCUT2D eigenvalue weighted by atomic mass is 16.3. The van der Waals surface area contributed by atoms with Crippen LogP contribution in [0.4, 0.5) is 5.69 Å². The highest BCUT2D eigenvalue weighted by molar-refractivity contribution is 5.91. The van der Waals surface area contributed by atoms with E-state index in [0.29, 0.717) is 5.69 Å². The van der Waals surface area contributed by atoms with Crippen LogP contribution in [0.15, 0.2) is 23.0 Å². The molecule has 0 saturated carbocycles. The Morgan fingerprint density at radius 3 is 2.82 bits per heavy atom. The van der Waals surface area contributed by atoms with E-state index in [4.69, 9.17) is 4.42 Å². The molecule has 0 unspecified atom stereocenters. The Kier molecular flexibility index (Phi) is 2.31. The molecule has 1 amide bonds. The van der Waals surface area contributed by atoms with E-state index in [9.17, 15) is 4.79 Å². The monoisotopic (exact) mass is 153 g/mol. The molecule has 0 aliphatic heterocycles. The van der Waals surface area contributed by atoms with Gasteiger partial charge in [0.05, 0.1) is 12.0 Å². The molecule has 0 fully saturated rings. The van der Waals surface area contributed by atoms with Gasteiger partial charge in [0.1, 0.15) is 6.26 Å². The van der Waals surface area contributed by atoms with Crippen molar-refractivity contribution in [1.82, 2.24) is 0 Å². The molecule has 0 bridgehead atoms. The molecule has 0 radical (unpaired) electrons. The van der Waals surface area contributed by atoms with Crippen molar-refractivity contribution in [3.8, 4) is 0 Å². The lowest BCUT2D eigenvalue weighted by atomic mass is 10.2. The number of nitrogens with one attached hydrogen (secondary N) is 1. The van der Waals surface area contributed by atoms with Crippen molar-refractivity contribution in [3.63, 3.8) is 0 Å². The van der Waals surface area contributed by atoms with Crippen molar-refractivity contribution in [2.45, 2.75) is 13.8 Å². The number of rotatable bonds is 2. The minimum atomic E-state index is 0.00454. The maximum atomic E-state index is 11.1. The van der Waals surface area contributed by atoms with Gasteiger partial charge in [0, 0.05) is 5.92 Å². The summed E-state index contributed by atoms with van der Waals surface area (Å²) in [5, 5.41) is 2.69. The van der Waals surface area contributed by atoms with Crippen LogP contribution in [0.1, 0.15) is 13.8 Å². The lowest BCUT2D eigenvalue weighted by Crippen LogP contribution is -2.17. The summed E-state index contributed by atoms with van der Waals surface area (Å²) in [4.78, 5) is 11.1. The van der Waals surface area contributed by atoms with Crippen LogP contribution in [0.5, 0.6) is 0 Å². The van der Waals surface area contributed by atoms with Crippen molar-refractivity contribution in [1.29, 1.82) is 0 Å². The molecule has 1 heterocycles. The average Bonchev–Trinajstić information content (AvgIpc) is 2.39. The first-order chi connectivity index (χ1) is 5.20.